The summed E-state index contributed by atoms with van der Waals surface area (Å²) in [6.45, 7) is 14.0. The number of nitriles is 1. The monoisotopic (exact) mass is 570 g/mol. The van der Waals surface area contributed by atoms with Gasteiger partial charge in [0.25, 0.3) is 5.56 Å². The standard InChI is InChI=1S/C31H30N4O5S/c1-6-11-22-14-21(16-26(38-7-2)27(22)40-18-24-13-10-9-12-23(24)17-32)15-25-19(4)34-35(29(25)36)31-33-20(5)28(41-31)30(37)39-8-3/h6,9-10,12-16,34H,1,4,7-8,11,18H2,2-3,5H3. The third-order valence-corrected chi connectivity index (χ3v) is 7.20. The highest BCUT2D eigenvalue weighted by Crippen LogP contribution is 2.35. The van der Waals surface area contributed by atoms with E-state index >= 15 is 0 Å². The van der Waals surface area contributed by atoms with Crippen LogP contribution in [-0.4, -0.2) is 33.9 Å². The number of hydrogen-bond acceptors (Lipinski definition) is 8. The number of benzene rings is 2. The van der Waals surface area contributed by atoms with Gasteiger partial charge in [0.05, 0.1) is 41.1 Å². The van der Waals surface area contributed by atoms with Crippen LogP contribution in [0.1, 0.15) is 51.5 Å². The number of allylic oxidation sites excluding steroid dienone is 1. The zero-order valence-corrected chi connectivity index (χ0v) is 24.0. The van der Waals surface area contributed by atoms with Crippen molar-refractivity contribution < 1.29 is 19.0 Å². The number of thiazole rings is 1. The van der Waals surface area contributed by atoms with E-state index in [4.69, 9.17) is 14.2 Å². The number of carbonyl (C=O) groups excluding carboxylic acids is 1. The predicted octanol–water partition coefficient (Wildman–Crippen LogP) is 3.92. The average molecular weight is 571 g/mol. The summed E-state index contributed by atoms with van der Waals surface area (Å²) in [5.41, 5.74) is 2.92. The van der Waals surface area contributed by atoms with Crippen molar-refractivity contribution in [3.8, 4) is 22.7 Å². The van der Waals surface area contributed by atoms with Crippen LogP contribution in [-0.2, 0) is 17.8 Å². The molecule has 0 radical (unpaired) electrons. The quantitative estimate of drug-likeness (QED) is 0.214. The first-order valence-corrected chi connectivity index (χ1v) is 13.8. The molecule has 0 spiro atoms. The Morgan fingerprint density at radius 1 is 1.20 bits per heavy atom. The van der Waals surface area contributed by atoms with Crippen LogP contribution >= 0.6 is 11.3 Å². The van der Waals surface area contributed by atoms with Crippen molar-refractivity contribution in [3.63, 3.8) is 0 Å². The van der Waals surface area contributed by atoms with Gasteiger partial charge >= 0.3 is 5.97 Å². The lowest BCUT2D eigenvalue weighted by Crippen LogP contribution is -2.34. The summed E-state index contributed by atoms with van der Waals surface area (Å²) in [6.07, 6.45) is 3.96. The maximum atomic E-state index is 13.4. The molecule has 0 unspecified atom stereocenters. The summed E-state index contributed by atoms with van der Waals surface area (Å²) < 4.78 is 18.5. The molecular weight excluding hydrogens is 540 g/mol. The number of esters is 1. The van der Waals surface area contributed by atoms with E-state index in [0.29, 0.717) is 61.9 Å². The van der Waals surface area contributed by atoms with Gasteiger partial charge in [0.15, 0.2) is 11.5 Å². The van der Waals surface area contributed by atoms with Gasteiger partial charge in [-0.1, -0.05) is 42.2 Å². The first kappa shape index (κ1) is 29.1. The Bertz CT molecular complexity index is 1810. The minimum absolute atomic E-state index is 0.184. The number of hydrogen-bond donors (Lipinski definition) is 1. The zero-order valence-electron chi connectivity index (χ0n) is 23.2. The molecule has 10 heteroatoms. The molecule has 0 saturated carbocycles. The van der Waals surface area contributed by atoms with Crippen LogP contribution in [0.25, 0.3) is 17.8 Å². The van der Waals surface area contributed by atoms with Gasteiger partial charge in [0, 0.05) is 11.1 Å². The highest BCUT2D eigenvalue weighted by molar-refractivity contribution is 7.16. The maximum Gasteiger partial charge on any atom is 0.350 e. The summed E-state index contributed by atoms with van der Waals surface area (Å²) >= 11 is 1.07. The Kier molecular flexibility index (Phi) is 9.22. The van der Waals surface area contributed by atoms with Gasteiger partial charge in [-0.15, -0.1) is 6.58 Å². The Labute approximate surface area is 241 Å². The second-order valence-electron chi connectivity index (χ2n) is 8.91. The Morgan fingerprint density at radius 3 is 2.68 bits per heavy atom. The lowest BCUT2D eigenvalue weighted by molar-refractivity contribution is 0.0531. The highest BCUT2D eigenvalue weighted by atomic mass is 32.1. The van der Waals surface area contributed by atoms with Crippen LogP contribution < -0.4 is 25.6 Å². The molecule has 0 atom stereocenters. The summed E-state index contributed by atoms with van der Waals surface area (Å²) in [4.78, 5) is 30.4. The van der Waals surface area contributed by atoms with Crippen molar-refractivity contribution in [3.05, 3.63) is 103 Å². The van der Waals surface area contributed by atoms with Crippen LogP contribution in [0.15, 0.2) is 53.8 Å². The minimum atomic E-state index is -0.480. The van der Waals surface area contributed by atoms with Gasteiger partial charge in [0.2, 0.25) is 5.13 Å². The third-order valence-electron chi connectivity index (χ3n) is 6.08. The molecule has 2 aromatic heterocycles. The van der Waals surface area contributed by atoms with Gasteiger partial charge in [0.1, 0.15) is 11.5 Å². The van der Waals surface area contributed by atoms with Gasteiger partial charge in [-0.05, 0) is 57.0 Å². The van der Waals surface area contributed by atoms with Crippen LogP contribution in [0, 0.1) is 18.3 Å². The Balaban J connectivity index is 1.76. The third kappa shape index (κ3) is 6.31. The van der Waals surface area contributed by atoms with Crippen molar-refractivity contribution in [2.45, 2.75) is 33.8 Å². The van der Waals surface area contributed by atoms with Crippen molar-refractivity contribution in [1.29, 1.82) is 5.26 Å². The van der Waals surface area contributed by atoms with Gasteiger partial charge < -0.3 is 14.2 Å². The summed E-state index contributed by atoms with van der Waals surface area (Å²) in [5.74, 6) is 0.568. The first-order valence-electron chi connectivity index (χ1n) is 13.0. The molecule has 0 aliphatic rings. The Morgan fingerprint density at radius 2 is 1.98 bits per heavy atom. The summed E-state index contributed by atoms with van der Waals surface area (Å²) in [5, 5.41) is 13.4. The molecule has 0 aliphatic heterocycles. The van der Waals surface area contributed by atoms with Crippen LogP contribution in [0.4, 0.5) is 0 Å². The van der Waals surface area contributed by atoms with Crippen LogP contribution in [0.2, 0.25) is 0 Å². The SMILES string of the molecule is C=CCc1cc(C=c2c(=C)[nH]n(-c3nc(C)c(C(=O)OCC)s3)c2=O)cc(OCC)c1OCc1ccccc1C#N. The molecule has 9 nitrogen and oxygen atoms in total. The summed E-state index contributed by atoms with van der Waals surface area (Å²) in [7, 11) is 0. The van der Waals surface area contributed by atoms with E-state index in [0.717, 1.165) is 22.5 Å². The van der Waals surface area contributed by atoms with E-state index in [1.807, 2.05) is 31.2 Å². The lowest BCUT2D eigenvalue weighted by Gasteiger charge is -2.17. The second kappa shape index (κ2) is 13.0. The minimum Gasteiger partial charge on any atom is -0.490 e. The molecule has 0 amide bonds. The molecule has 4 aromatic rings. The normalized spacial score (nSPS) is 11.2. The molecule has 0 fully saturated rings. The van der Waals surface area contributed by atoms with Crippen LogP contribution in [0.3, 0.4) is 0 Å². The number of nitrogens with zero attached hydrogens (tertiary/aromatic N) is 3. The number of rotatable bonds is 11. The molecule has 0 aliphatic carbocycles. The van der Waals surface area contributed by atoms with Crippen molar-refractivity contribution in [2.24, 2.45) is 0 Å². The molecule has 4 rings (SSSR count). The first-order chi connectivity index (χ1) is 19.8. The van der Waals surface area contributed by atoms with Gasteiger partial charge in [-0.3, -0.25) is 9.89 Å². The predicted molar refractivity (Wildman–Crippen MR) is 158 cm³/mol. The fraction of sp³-hybridized carbons (Fsp3) is 0.226. The molecule has 0 bridgehead atoms. The van der Waals surface area contributed by atoms with Crippen molar-refractivity contribution >= 4 is 30.0 Å². The van der Waals surface area contributed by atoms with E-state index in [9.17, 15) is 14.9 Å². The maximum absolute atomic E-state index is 13.4. The fourth-order valence-corrected chi connectivity index (χ4v) is 5.14. The van der Waals surface area contributed by atoms with E-state index in [-0.39, 0.29) is 18.8 Å². The average Bonchev–Trinajstić information content (AvgIpc) is 3.47. The highest BCUT2D eigenvalue weighted by Gasteiger charge is 2.19. The Hall–Kier alpha value is -4.88. The van der Waals surface area contributed by atoms with E-state index in [2.05, 4.69) is 29.3 Å². The second-order valence-corrected chi connectivity index (χ2v) is 9.89. The van der Waals surface area contributed by atoms with E-state index < -0.39 is 5.97 Å². The molecule has 210 valence electrons. The lowest BCUT2D eigenvalue weighted by atomic mass is 10.0. The van der Waals surface area contributed by atoms with Crippen molar-refractivity contribution in [1.82, 2.24) is 14.8 Å². The molecule has 1 N–H and O–H groups in total. The zero-order chi connectivity index (χ0) is 29.5. The number of carbonyl (C=O) groups is 1. The molecular formula is C31H30N4O5S. The van der Waals surface area contributed by atoms with Crippen molar-refractivity contribution in [2.75, 3.05) is 13.2 Å². The number of ether oxygens (including phenoxy) is 3. The molecule has 41 heavy (non-hydrogen) atoms. The van der Waals surface area contributed by atoms with Crippen LogP contribution in [0.5, 0.6) is 11.5 Å². The van der Waals surface area contributed by atoms with E-state index in [1.165, 1.54) is 4.68 Å². The summed E-state index contributed by atoms with van der Waals surface area (Å²) in [6, 6.07) is 13.1. The molecule has 2 aromatic carbocycles. The van der Waals surface area contributed by atoms with Gasteiger partial charge in [-0.25, -0.2) is 9.78 Å². The molecule has 0 saturated heterocycles. The number of nitrogens with one attached hydrogen (secondary N) is 1. The number of aromatic amines is 1. The van der Waals surface area contributed by atoms with E-state index in [1.54, 1.807) is 38.1 Å². The van der Waals surface area contributed by atoms with Gasteiger partial charge in [-0.2, -0.15) is 9.94 Å². The number of aryl methyl sites for hydroxylation is 1. The topological polar surface area (TPSA) is 119 Å². The smallest absolute Gasteiger partial charge is 0.350 e. The number of aromatic nitrogens is 3. The fourth-order valence-electron chi connectivity index (χ4n) is 4.22. The largest absolute Gasteiger partial charge is 0.490 e. The molecule has 2 heterocycles. The number of H-pyrrole nitrogens is 1.